The van der Waals surface area contributed by atoms with Crippen molar-refractivity contribution in [3.8, 4) is 11.5 Å². The Labute approximate surface area is 140 Å². The van der Waals surface area contributed by atoms with Crippen LogP contribution in [0.4, 0.5) is 0 Å². The first kappa shape index (κ1) is 19.3. The molecule has 0 aliphatic carbocycles. The van der Waals surface area contributed by atoms with Gasteiger partial charge in [0.25, 0.3) is 11.8 Å². The van der Waals surface area contributed by atoms with E-state index in [0.717, 1.165) is 0 Å². The number of carbonyl (C=O) groups excluding carboxylic acids is 2. The number of nitrogens with one attached hydrogen (secondary N) is 2. The molecule has 0 saturated carbocycles. The van der Waals surface area contributed by atoms with Crippen molar-refractivity contribution in [2.24, 2.45) is 5.92 Å². The lowest BCUT2D eigenvalue weighted by molar-refractivity contribution is -0.140. The van der Waals surface area contributed by atoms with Crippen molar-refractivity contribution in [2.45, 2.75) is 19.9 Å². The van der Waals surface area contributed by atoms with Gasteiger partial charge in [-0.25, -0.2) is 4.79 Å². The Balaban J connectivity index is 2.91. The van der Waals surface area contributed by atoms with Gasteiger partial charge < -0.3 is 25.2 Å². The maximum absolute atomic E-state index is 12.2. The third kappa shape index (κ3) is 5.15. The summed E-state index contributed by atoms with van der Waals surface area (Å²) in [5.74, 6) is -1.63. The molecule has 1 aromatic rings. The number of benzene rings is 1. The molecule has 0 aromatic heterocycles. The van der Waals surface area contributed by atoms with Gasteiger partial charge in [0, 0.05) is 12.6 Å². The van der Waals surface area contributed by atoms with E-state index in [-0.39, 0.29) is 29.7 Å². The molecule has 132 valence electrons. The molecule has 8 heteroatoms. The second-order valence-electron chi connectivity index (χ2n) is 5.36. The number of carbonyl (C=O) groups is 3. The molecule has 1 atom stereocenters. The highest BCUT2D eigenvalue weighted by molar-refractivity contribution is 5.97. The van der Waals surface area contributed by atoms with Gasteiger partial charge in [0.15, 0.2) is 18.1 Å². The van der Waals surface area contributed by atoms with Crippen LogP contribution in [0.1, 0.15) is 24.2 Å². The van der Waals surface area contributed by atoms with E-state index >= 15 is 0 Å². The van der Waals surface area contributed by atoms with Crippen LogP contribution in [-0.2, 0) is 9.59 Å². The second kappa shape index (κ2) is 8.76. The van der Waals surface area contributed by atoms with E-state index in [1.807, 2.05) is 0 Å². The number of rotatable bonds is 8. The molecule has 2 amide bonds. The second-order valence-corrected chi connectivity index (χ2v) is 5.36. The molecule has 0 saturated heterocycles. The zero-order valence-electron chi connectivity index (χ0n) is 14.1. The van der Waals surface area contributed by atoms with Gasteiger partial charge in [0.05, 0.1) is 7.11 Å². The first-order valence-electron chi connectivity index (χ1n) is 7.35. The van der Waals surface area contributed by atoms with Gasteiger partial charge in [-0.3, -0.25) is 9.59 Å². The van der Waals surface area contributed by atoms with Gasteiger partial charge in [-0.1, -0.05) is 13.8 Å². The zero-order chi connectivity index (χ0) is 18.3. The van der Waals surface area contributed by atoms with Crippen molar-refractivity contribution in [1.82, 2.24) is 10.6 Å². The fourth-order valence-corrected chi connectivity index (χ4v) is 1.88. The highest BCUT2D eigenvalue weighted by Crippen LogP contribution is 2.28. The molecule has 0 aliphatic heterocycles. The summed E-state index contributed by atoms with van der Waals surface area (Å²) in [5, 5.41) is 14.0. The molecule has 0 fully saturated rings. The van der Waals surface area contributed by atoms with Gasteiger partial charge >= 0.3 is 5.97 Å². The summed E-state index contributed by atoms with van der Waals surface area (Å²) in [6.07, 6.45) is 0. The van der Waals surface area contributed by atoms with Crippen LogP contribution in [0.2, 0.25) is 0 Å². The topological polar surface area (TPSA) is 114 Å². The lowest BCUT2D eigenvalue weighted by Gasteiger charge is -2.18. The molecule has 1 aromatic carbocycles. The predicted octanol–water partition coefficient (Wildman–Crippen LogP) is 0.659. The standard InChI is InChI=1S/C16H22N2O6/c1-9(2)14(16(21)22)18-15(20)10-5-6-11(12(7-10)23-4)24-8-13(19)17-3/h5-7,9,14H,8H2,1-4H3,(H,17,19)(H,18,20)(H,21,22)/t14-/m0/s1. The van der Waals surface area contributed by atoms with Crippen LogP contribution in [0.15, 0.2) is 18.2 Å². The SMILES string of the molecule is CNC(=O)COc1ccc(C(=O)N[C@H](C(=O)O)C(C)C)cc1OC. The van der Waals surface area contributed by atoms with E-state index in [4.69, 9.17) is 14.6 Å². The number of hydrogen-bond donors (Lipinski definition) is 3. The fourth-order valence-electron chi connectivity index (χ4n) is 1.88. The van der Waals surface area contributed by atoms with Crippen LogP contribution in [0.3, 0.4) is 0 Å². The van der Waals surface area contributed by atoms with Crippen molar-refractivity contribution in [2.75, 3.05) is 20.8 Å². The van der Waals surface area contributed by atoms with Crippen LogP contribution in [0.5, 0.6) is 11.5 Å². The summed E-state index contributed by atoms with van der Waals surface area (Å²) >= 11 is 0. The maximum atomic E-state index is 12.2. The number of carboxylic acid groups (broad SMARTS) is 1. The average molecular weight is 338 g/mol. The largest absolute Gasteiger partial charge is 0.493 e. The predicted molar refractivity (Wildman–Crippen MR) is 86.3 cm³/mol. The van der Waals surface area contributed by atoms with Gasteiger partial charge in [-0.15, -0.1) is 0 Å². The molecule has 0 bridgehead atoms. The van der Waals surface area contributed by atoms with Crippen LogP contribution in [-0.4, -0.2) is 49.7 Å². The smallest absolute Gasteiger partial charge is 0.326 e. The third-order valence-corrected chi connectivity index (χ3v) is 3.28. The Morgan fingerprint density at radius 2 is 1.88 bits per heavy atom. The third-order valence-electron chi connectivity index (χ3n) is 3.28. The number of carboxylic acids is 1. The quantitative estimate of drug-likeness (QED) is 0.641. The van der Waals surface area contributed by atoms with E-state index in [0.29, 0.717) is 5.75 Å². The number of ether oxygens (including phenoxy) is 2. The van der Waals surface area contributed by atoms with Crippen molar-refractivity contribution < 1.29 is 29.0 Å². The Bertz CT molecular complexity index is 615. The van der Waals surface area contributed by atoms with Crippen LogP contribution in [0.25, 0.3) is 0 Å². The Hall–Kier alpha value is -2.77. The van der Waals surface area contributed by atoms with Crippen LogP contribution in [0, 0.1) is 5.92 Å². The molecular weight excluding hydrogens is 316 g/mol. The van der Waals surface area contributed by atoms with E-state index < -0.39 is 17.9 Å². The van der Waals surface area contributed by atoms with Crippen LogP contribution >= 0.6 is 0 Å². The molecule has 0 heterocycles. The van der Waals surface area contributed by atoms with Crippen LogP contribution < -0.4 is 20.1 Å². The maximum Gasteiger partial charge on any atom is 0.326 e. The molecule has 1 rings (SSSR count). The number of likely N-dealkylation sites (N-methyl/N-ethyl adjacent to an activating group) is 1. The summed E-state index contributed by atoms with van der Waals surface area (Å²) < 4.78 is 10.5. The fraction of sp³-hybridized carbons (Fsp3) is 0.438. The minimum Gasteiger partial charge on any atom is -0.493 e. The summed E-state index contributed by atoms with van der Waals surface area (Å²) in [5.41, 5.74) is 0.228. The minimum atomic E-state index is -1.10. The summed E-state index contributed by atoms with van der Waals surface area (Å²) in [6, 6.07) is 3.39. The molecule has 24 heavy (non-hydrogen) atoms. The van der Waals surface area contributed by atoms with E-state index in [1.54, 1.807) is 13.8 Å². The van der Waals surface area contributed by atoms with Crippen molar-refractivity contribution in [1.29, 1.82) is 0 Å². The summed E-state index contributed by atoms with van der Waals surface area (Å²) in [7, 11) is 2.89. The van der Waals surface area contributed by atoms with Crippen molar-refractivity contribution >= 4 is 17.8 Å². The molecule has 3 N–H and O–H groups in total. The molecular formula is C16H22N2O6. The first-order chi connectivity index (χ1) is 11.3. The van der Waals surface area contributed by atoms with Gasteiger partial charge in [0.2, 0.25) is 0 Å². The Kier molecular flexibility index (Phi) is 7.03. The Morgan fingerprint density at radius 1 is 1.21 bits per heavy atom. The van der Waals surface area contributed by atoms with Crippen molar-refractivity contribution in [3.05, 3.63) is 23.8 Å². The molecule has 0 aliphatic rings. The zero-order valence-corrected chi connectivity index (χ0v) is 14.1. The lowest BCUT2D eigenvalue weighted by Crippen LogP contribution is -2.44. The number of aliphatic carboxylic acids is 1. The van der Waals surface area contributed by atoms with Gasteiger partial charge in [-0.05, 0) is 24.1 Å². The normalized spacial score (nSPS) is 11.5. The first-order valence-corrected chi connectivity index (χ1v) is 7.35. The Morgan fingerprint density at radius 3 is 2.38 bits per heavy atom. The van der Waals surface area contributed by atoms with E-state index in [1.165, 1.54) is 32.4 Å². The summed E-state index contributed by atoms with van der Waals surface area (Å²) in [4.78, 5) is 34.6. The molecule has 0 unspecified atom stereocenters. The molecule has 0 radical (unpaired) electrons. The highest BCUT2D eigenvalue weighted by atomic mass is 16.5. The van der Waals surface area contributed by atoms with Crippen molar-refractivity contribution in [3.63, 3.8) is 0 Å². The van der Waals surface area contributed by atoms with Gasteiger partial charge in [-0.2, -0.15) is 0 Å². The van der Waals surface area contributed by atoms with E-state index in [9.17, 15) is 14.4 Å². The highest BCUT2D eigenvalue weighted by Gasteiger charge is 2.24. The lowest BCUT2D eigenvalue weighted by atomic mass is 10.0. The molecule has 0 spiro atoms. The number of methoxy groups -OCH3 is 1. The monoisotopic (exact) mass is 338 g/mol. The number of hydrogen-bond acceptors (Lipinski definition) is 5. The van der Waals surface area contributed by atoms with Gasteiger partial charge in [0.1, 0.15) is 6.04 Å². The average Bonchev–Trinajstić information content (AvgIpc) is 2.56. The minimum absolute atomic E-state index is 0.188. The number of amides is 2. The summed E-state index contributed by atoms with van der Waals surface area (Å²) in [6.45, 7) is 3.22. The van der Waals surface area contributed by atoms with E-state index in [2.05, 4.69) is 10.6 Å². The molecule has 8 nitrogen and oxygen atoms in total.